The Kier molecular flexibility index (Phi) is 7.09. The second-order valence-electron chi connectivity index (χ2n) is 6.22. The highest BCUT2D eigenvalue weighted by Crippen LogP contribution is 2.24. The van der Waals surface area contributed by atoms with E-state index >= 15 is 0 Å². The number of nitrogens with zero attached hydrogens (tertiary/aromatic N) is 1. The Morgan fingerprint density at radius 3 is 2.63 bits per heavy atom. The number of nitrogens with one attached hydrogen (secondary N) is 3. The van der Waals surface area contributed by atoms with E-state index in [9.17, 15) is 14.4 Å². The summed E-state index contributed by atoms with van der Waals surface area (Å²) < 4.78 is 6.92. The fourth-order valence-electron chi connectivity index (χ4n) is 2.73. The number of ether oxygens (including phenoxy) is 1. The average Bonchev–Trinajstić information content (AvgIpc) is 3.05. The van der Waals surface area contributed by atoms with Crippen molar-refractivity contribution in [2.24, 2.45) is 0 Å². The van der Waals surface area contributed by atoms with Crippen molar-refractivity contribution in [2.45, 2.75) is 0 Å². The van der Waals surface area contributed by atoms with Gasteiger partial charge in [-0.1, -0.05) is 33.6 Å². The zero-order valence-corrected chi connectivity index (χ0v) is 18.2. The third-order valence-corrected chi connectivity index (χ3v) is 4.82. The molecule has 1 heterocycles. The summed E-state index contributed by atoms with van der Waals surface area (Å²) in [6.45, 7) is 0.455. The number of anilines is 1. The summed E-state index contributed by atoms with van der Waals surface area (Å²) in [6, 6.07) is 13.6. The summed E-state index contributed by atoms with van der Waals surface area (Å²) in [5, 5.41) is 6.34. The van der Waals surface area contributed by atoms with Crippen LogP contribution < -0.4 is 16.1 Å². The number of halogens is 2. The number of methoxy groups -OCH3 is 1. The monoisotopic (exact) mass is 492 g/mol. The quantitative estimate of drug-likeness (QED) is 0.363. The molecule has 0 bridgehead atoms. The molecular weight excluding hydrogens is 476 g/mol. The molecule has 0 aliphatic carbocycles. The minimum Gasteiger partial charge on any atom is -0.383 e. The number of hydrogen-bond donors (Lipinski definition) is 3. The Hall–Kier alpha value is -2.88. The highest BCUT2D eigenvalue weighted by Gasteiger charge is 2.21. The van der Waals surface area contributed by atoms with Gasteiger partial charge in [0, 0.05) is 34.2 Å². The number of carbonyl (C=O) groups is 3. The van der Waals surface area contributed by atoms with Crippen LogP contribution in [0, 0.1) is 0 Å². The number of amides is 3. The highest BCUT2D eigenvalue weighted by atomic mass is 79.9. The lowest BCUT2D eigenvalue weighted by Crippen LogP contribution is -2.40. The molecule has 3 aromatic rings. The van der Waals surface area contributed by atoms with Gasteiger partial charge in [-0.15, -0.1) is 0 Å². The first-order valence-electron chi connectivity index (χ1n) is 8.85. The van der Waals surface area contributed by atoms with E-state index in [1.165, 1.54) is 11.8 Å². The van der Waals surface area contributed by atoms with E-state index in [1.54, 1.807) is 48.5 Å². The predicted molar refractivity (Wildman–Crippen MR) is 118 cm³/mol. The predicted octanol–water partition coefficient (Wildman–Crippen LogP) is 3.14. The van der Waals surface area contributed by atoms with E-state index < -0.39 is 17.7 Å². The molecule has 0 fully saturated rings. The van der Waals surface area contributed by atoms with E-state index in [0.29, 0.717) is 21.6 Å². The molecule has 0 aliphatic heterocycles. The van der Waals surface area contributed by atoms with Crippen molar-refractivity contribution in [2.75, 3.05) is 31.0 Å². The second kappa shape index (κ2) is 9.75. The summed E-state index contributed by atoms with van der Waals surface area (Å²) in [5.74, 6) is -2.24. The molecule has 10 heteroatoms. The topological polar surface area (TPSA) is 101 Å². The average molecular weight is 494 g/mol. The van der Waals surface area contributed by atoms with Crippen LogP contribution in [0.15, 0.2) is 53.0 Å². The molecule has 3 amide bonds. The van der Waals surface area contributed by atoms with Gasteiger partial charge in [0.2, 0.25) is 0 Å². The first-order chi connectivity index (χ1) is 14.4. The summed E-state index contributed by atoms with van der Waals surface area (Å²) in [6.07, 6.45) is 0. The van der Waals surface area contributed by atoms with Crippen LogP contribution in [0.1, 0.15) is 10.5 Å². The lowest BCUT2D eigenvalue weighted by atomic mass is 10.2. The molecular formula is C20H18BrClN4O4. The van der Waals surface area contributed by atoms with E-state index in [2.05, 4.69) is 32.0 Å². The number of hydrogen-bond acceptors (Lipinski definition) is 4. The maximum absolute atomic E-state index is 12.9. The molecule has 8 nitrogen and oxygen atoms in total. The van der Waals surface area contributed by atoms with Crippen LogP contribution >= 0.6 is 27.5 Å². The third kappa shape index (κ3) is 5.18. The van der Waals surface area contributed by atoms with Gasteiger partial charge >= 0.3 is 11.8 Å². The Labute approximate surface area is 185 Å². The summed E-state index contributed by atoms with van der Waals surface area (Å²) in [4.78, 5) is 37.3. The molecule has 0 atom stereocenters. The van der Waals surface area contributed by atoms with Crippen molar-refractivity contribution >= 4 is 61.8 Å². The molecule has 30 heavy (non-hydrogen) atoms. The van der Waals surface area contributed by atoms with Crippen molar-refractivity contribution in [1.82, 2.24) is 9.99 Å². The molecule has 3 rings (SSSR count). The number of aromatic nitrogens is 1. The normalized spacial score (nSPS) is 10.6. The summed E-state index contributed by atoms with van der Waals surface area (Å²) in [5.41, 5.74) is 3.66. The molecule has 0 radical (unpaired) electrons. The fraction of sp³-hybridized carbons (Fsp3) is 0.150. The van der Waals surface area contributed by atoms with Crippen LogP contribution in [0.3, 0.4) is 0 Å². The first kappa shape index (κ1) is 21.8. The Balaban J connectivity index is 1.90. The SMILES string of the molecule is COCCNC(=O)C(=O)Nn1c(C(=O)Nc2cccc(Cl)c2)cc2cc(Br)ccc21. The molecule has 3 N–H and O–H groups in total. The third-order valence-electron chi connectivity index (χ3n) is 4.09. The van der Waals surface area contributed by atoms with Gasteiger partial charge in [0.25, 0.3) is 5.91 Å². The largest absolute Gasteiger partial charge is 0.383 e. The van der Waals surface area contributed by atoms with Crippen LogP contribution in [0.5, 0.6) is 0 Å². The Bertz CT molecular complexity index is 1120. The van der Waals surface area contributed by atoms with Crippen LogP contribution in [0.4, 0.5) is 5.69 Å². The van der Waals surface area contributed by atoms with Crippen LogP contribution in [0.25, 0.3) is 10.9 Å². The van der Waals surface area contributed by atoms with E-state index in [0.717, 1.165) is 4.47 Å². The Morgan fingerprint density at radius 1 is 1.10 bits per heavy atom. The number of rotatable bonds is 6. The van der Waals surface area contributed by atoms with Gasteiger partial charge in [0.05, 0.1) is 12.1 Å². The molecule has 0 unspecified atom stereocenters. The standard InChI is InChI=1S/C20H18BrClN4O4/c1-30-8-7-23-19(28)20(29)25-26-16-6-5-13(21)9-12(16)10-17(26)18(27)24-15-4-2-3-14(22)11-15/h2-6,9-11H,7-8H2,1H3,(H,23,28)(H,24,27)(H,25,29). The lowest BCUT2D eigenvalue weighted by Gasteiger charge is -2.13. The van der Waals surface area contributed by atoms with Crippen molar-refractivity contribution in [3.8, 4) is 0 Å². The fourth-order valence-corrected chi connectivity index (χ4v) is 3.30. The van der Waals surface area contributed by atoms with Gasteiger partial charge in [-0.05, 0) is 42.5 Å². The first-order valence-corrected chi connectivity index (χ1v) is 10.0. The van der Waals surface area contributed by atoms with Gasteiger partial charge in [-0.25, -0.2) is 4.68 Å². The maximum Gasteiger partial charge on any atom is 0.328 e. The molecule has 2 aromatic carbocycles. The van der Waals surface area contributed by atoms with Crippen LogP contribution in [-0.4, -0.2) is 42.7 Å². The maximum atomic E-state index is 12.9. The van der Waals surface area contributed by atoms with Gasteiger partial charge in [0.1, 0.15) is 5.69 Å². The molecule has 156 valence electrons. The van der Waals surface area contributed by atoms with E-state index in [1.807, 2.05) is 0 Å². The summed E-state index contributed by atoms with van der Waals surface area (Å²) in [7, 11) is 1.49. The summed E-state index contributed by atoms with van der Waals surface area (Å²) >= 11 is 9.36. The van der Waals surface area contributed by atoms with Gasteiger partial charge in [0.15, 0.2) is 0 Å². The zero-order chi connectivity index (χ0) is 21.7. The van der Waals surface area contributed by atoms with Crippen LogP contribution in [0.2, 0.25) is 5.02 Å². The highest BCUT2D eigenvalue weighted by molar-refractivity contribution is 9.10. The van der Waals surface area contributed by atoms with Crippen molar-refractivity contribution in [1.29, 1.82) is 0 Å². The number of carbonyl (C=O) groups excluding carboxylic acids is 3. The number of benzene rings is 2. The lowest BCUT2D eigenvalue weighted by molar-refractivity contribution is -0.136. The minimum atomic E-state index is -0.914. The minimum absolute atomic E-state index is 0.140. The smallest absolute Gasteiger partial charge is 0.328 e. The van der Waals surface area contributed by atoms with Crippen LogP contribution in [-0.2, 0) is 14.3 Å². The molecule has 1 aromatic heterocycles. The van der Waals surface area contributed by atoms with E-state index in [4.69, 9.17) is 16.3 Å². The van der Waals surface area contributed by atoms with Gasteiger partial charge in [-0.3, -0.25) is 19.8 Å². The number of fused-ring (bicyclic) bond motifs is 1. The molecule has 0 aliphatic rings. The molecule has 0 saturated heterocycles. The zero-order valence-electron chi connectivity index (χ0n) is 15.9. The molecule has 0 spiro atoms. The second-order valence-corrected chi connectivity index (χ2v) is 7.57. The molecule has 0 saturated carbocycles. The van der Waals surface area contributed by atoms with Crippen molar-refractivity contribution < 1.29 is 19.1 Å². The van der Waals surface area contributed by atoms with Crippen molar-refractivity contribution in [3.05, 3.63) is 63.7 Å². The van der Waals surface area contributed by atoms with Gasteiger partial charge in [-0.2, -0.15) is 0 Å². The van der Waals surface area contributed by atoms with E-state index in [-0.39, 0.29) is 18.8 Å². The van der Waals surface area contributed by atoms with Gasteiger partial charge < -0.3 is 15.4 Å². The Morgan fingerprint density at radius 2 is 1.90 bits per heavy atom. The van der Waals surface area contributed by atoms with Crippen molar-refractivity contribution in [3.63, 3.8) is 0 Å².